The van der Waals surface area contributed by atoms with Gasteiger partial charge in [-0.1, -0.05) is 52.3 Å². The lowest BCUT2D eigenvalue weighted by molar-refractivity contribution is 0.0974. The predicted molar refractivity (Wildman–Crippen MR) is 114 cm³/mol. The number of nitrogens with zero attached hydrogens (tertiary/aromatic N) is 1. The minimum absolute atomic E-state index is 0.0422. The van der Waals surface area contributed by atoms with E-state index in [0.29, 0.717) is 5.56 Å². The SMILES string of the molecule is C[C@@H]1C[C@H](Nc2ccccc2)c2ccccc2N1C(=O)c1ccc(Br)cc1. The number of hydrogen-bond acceptors (Lipinski definition) is 2. The zero-order valence-electron chi connectivity index (χ0n) is 15.1. The molecule has 1 aliphatic rings. The van der Waals surface area contributed by atoms with Crippen LogP contribution >= 0.6 is 15.9 Å². The summed E-state index contributed by atoms with van der Waals surface area (Å²) in [6, 6.07) is 26.3. The molecule has 1 N–H and O–H groups in total. The van der Waals surface area contributed by atoms with E-state index in [9.17, 15) is 4.79 Å². The van der Waals surface area contributed by atoms with Gasteiger partial charge in [-0.15, -0.1) is 0 Å². The van der Waals surface area contributed by atoms with Crippen LogP contribution in [0.1, 0.15) is 35.3 Å². The Bertz CT molecular complexity index is 940. The molecule has 1 aliphatic heterocycles. The molecule has 0 bridgehead atoms. The van der Waals surface area contributed by atoms with Crippen molar-refractivity contribution < 1.29 is 4.79 Å². The number of fused-ring (bicyclic) bond motifs is 1. The number of halogens is 1. The molecular formula is C23H21BrN2O. The maximum absolute atomic E-state index is 13.2. The molecule has 0 spiro atoms. The lowest BCUT2D eigenvalue weighted by atomic mass is 9.90. The van der Waals surface area contributed by atoms with Gasteiger partial charge in [0.05, 0.1) is 6.04 Å². The van der Waals surface area contributed by atoms with Crippen molar-refractivity contribution in [3.8, 4) is 0 Å². The fraction of sp³-hybridized carbons (Fsp3) is 0.174. The van der Waals surface area contributed by atoms with E-state index in [1.807, 2.05) is 65.6 Å². The zero-order valence-corrected chi connectivity index (χ0v) is 16.7. The van der Waals surface area contributed by atoms with Crippen molar-refractivity contribution in [2.75, 3.05) is 10.2 Å². The van der Waals surface area contributed by atoms with Crippen molar-refractivity contribution in [2.45, 2.75) is 25.4 Å². The van der Waals surface area contributed by atoms with Crippen molar-refractivity contribution >= 4 is 33.2 Å². The summed E-state index contributed by atoms with van der Waals surface area (Å²) in [5.74, 6) is 0.0422. The highest BCUT2D eigenvalue weighted by atomic mass is 79.9. The minimum Gasteiger partial charge on any atom is -0.378 e. The first-order valence-electron chi connectivity index (χ1n) is 9.13. The Balaban J connectivity index is 1.68. The van der Waals surface area contributed by atoms with E-state index in [4.69, 9.17) is 0 Å². The van der Waals surface area contributed by atoms with Crippen LogP contribution < -0.4 is 10.2 Å². The number of hydrogen-bond donors (Lipinski definition) is 1. The van der Waals surface area contributed by atoms with Crippen molar-refractivity contribution in [3.63, 3.8) is 0 Å². The van der Waals surface area contributed by atoms with Gasteiger partial charge in [0.15, 0.2) is 0 Å². The summed E-state index contributed by atoms with van der Waals surface area (Å²) in [6.07, 6.45) is 0.855. The van der Waals surface area contributed by atoms with E-state index in [0.717, 1.165) is 27.8 Å². The normalized spacial score (nSPS) is 18.7. The topological polar surface area (TPSA) is 32.3 Å². The van der Waals surface area contributed by atoms with Gasteiger partial charge >= 0.3 is 0 Å². The molecule has 4 heteroatoms. The van der Waals surface area contributed by atoms with E-state index >= 15 is 0 Å². The highest BCUT2D eigenvalue weighted by Gasteiger charge is 2.34. The van der Waals surface area contributed by atoms with E-state index in [-0.39, 0.29) is 18.0 Å². The average molecular weight is 421 g/mol. The summed E-state index contributed by atoms with van der Waals surface area (Å²) in [7, 11) is 0. The first-order valence-corrected chi connectivity index (χ1v) is 9.92. The van der Waals surface area contributed by atoms with Crippen LogP contribution in [0.2, 0.25) is 0 Å². The fourth-order valence-corrected chi connectivity index (χ4v) is 3.99. The van der Waals surface area contributed by atoms with Crippen LogP contribution in [-0.4, -0.2) is 11.9 Å². The zero-order chi connectivity index (χ0) is 18.8. The number of rotatable bonds is 3. The Morgan fingerprint density at radius 1 is 0.963 bits per heavy atom. The summed E-state index contributed by atoms with van der Waals surface area (Å²) in [6.45, 7) is 2.12. The molecule has 0 fully saturated rings. The molecule has 3 nitrogen and oxygen atoms in total. The quantitative estimate of drug-likeness (QED) is 0.559. The van der Waals surface area contributed by atoms with Gasteiger partial charge in [-0.2, -0.15) is 0 Å². The minimum atomic E-state index is 0.0422. The Hall–Kier alpha value is -2.59. The molecule has 0 aliphatic carbocycles. The van der Waals surface area contributed by atoms with Crippen molar-refractivity contribution in [2.24, 2.45) is 0 Å². The molecule has 3 aromatic rings. The van der Waals surface area contributed by atoms with Crippen LogP contribution in [0.3, 0.4) is 0 Å². The van der Waals surface area contributed by atoms with Crippen LogP contribution in [0, 0.1) is 0 Å². The lowest BCUT2D eigenvalue weighted by Gasteiger charge is -2.40. The summed E-state index contributed by atoms with van der Waals surface area (Å²) in [4.78, 5) is 15.2. The van der Waals surface area contributed by atoms with Gasteiger partial charge in [0.2, 0.25) is 0 Å². The van der Waals surface area contributed by atoms with Crippen molar-refractivity contribution in [1.82, 2.24) is 0 Å². The second kappa shape index (κ2) is 7.57. The summed E-state index contributed by atoms with van der Waals surface area (Å²) >= 11 is 3.43. The van der Waals surface area contributed by atoms with Crippen LogP contribution in [0.25, 0.3) is 0 Å². The van der Waals surface area contributed by atoms with Gasteiger partial charge in [-0.05, 0) is 61.4 Å². The molecule has 4 rings (SSSR count). The second-order valence-electron chi connectivity index (χ2n) is 6.89. The van der Waals surface area contributed by atoms with E-state index < -0.39 is 0 Å². The lowest BCUT2D eigenvalue weighted by Crippen LogP contribution is -2.44. The fourth-order valence-electron chi connectivity index (χ4n) is 3.73. The Morgan fingerprint density at radius 2 is 1.63 bits per heavy atom. The number of amides is 1. The third kappa shape index (κ3) is 3.62. The van der Waals surface area contributed by atoms with Crippen LogP contribution in [0.4, 0.5) is 11.4 Å². The Kier molecular flexibility index (Phi) is 4.99. The molecule has 0 saturated carbocycles. The Morgan fingerprint density at radius 3 is 2.37 bits per heavy atom. The van der Waals surface area contributed by atoms with Gasteiger partial charge in [0, 0.05) is 27.5 Å². The molecule has 3 aromatic carbocycles. The maximum atomic E-state index is 13.2. The molecule has 1 heterocycles. The predicted octanol–water partition coefficient (Wildman–Crippen LogP) is 6.04. The third-order valence-corrected chi connectivity index (χ3v) is 5.54. The van der Waals surface area contributed by atoms with Crippen LogP contribution in [0.5, 0.6) is 0 Å². The molecule has 0 radical (unpaired) electrons. The number of anilines is 2. The van der Waals surface area contributed by atoms with Gasteiger partial charge in [-0.25, -0.2) is 0 Å². The van der Waals surface area contributed by atoms with E-state index in [1.165, 1.54) is 0 Å². The monoisotopic (exact) mass is 420 g/mol. The highest BCUT2D eigenvalue weighted by molar-refractivity contribution is 9.10. The van der Waals surface area contributed by atoms with Gasteiger partial charge < -0.3 is 10.2 Å². The number of carbonyl (C=O) groups is 1. The smallest absolute Gasteiger partial charge is 0.258 e. The van der Waals surface area contributed by atoms with E-state index in [1.54, 1.807) is 0 Å². The molecule has 1 amide bonds. The number of para-hydroxylation sites is 2. The third-order valence-electron chi connectivity index (χ3n) is 5.01. The highest BCUT2D eigenvalue weighted by Crippen LogP contribution is 2.39. The summed E-state index contributed by atoms with van der Waals surface area (Å²) < 4.78 is 0.971. The number of carbonyl (C=O) groups excluding carboxylic acids is 1. The van der Waals surface area contributed by atoms with Gasteiger partial charge in [0.1, 0.15) is 0 Å². The molecule has 136 valence electrons. The first-order chi connectivity index (χ1) is 13.1. The molecule has 2 atom stereocenters. The first kappa shape index (κ1) is 17.8. The molecular weight excluding hydrogens is 400 g/mol. The number of nitrogens with one attached hydrogen (secondary N) is 1. The van der Waals surface area contributed by atoms with Gasteiger partial charge in [0.25, 0.3) is 5.91 Å². The largest absolute Gasteiger partial charge is 0.378 e. The average Bonchev–Trinajstić information content (AvgIpc) is 2.69. The Labute approximate surface area is 168 Å². The number of benzene rings is 3. The second-order valence-corrected chi connectivity index (χ2v) is 7.80. The summed E-state index contributed by atoms with van der Waals surface area (Å²) in [5.41, 5.74) is 3.94. The standard InChI is InChI=1S/C23H21BrN2O/c1-16-15-21(25-19-7-3-2-4-8-19)20-9-5-6-10-22(20)26(16)23(27)17-11-13-18(24)14-12-17/h2-14,16,21,25H,15H2,1H3/t16-,21+/m1/s1. The maximum Gasteiger partial charge on any atom is 0.258 e. The van der Waals surface area contributed by atoms with Crippen LogP contribution in [0.15, 0.2) is 83.3 Å². The van der Waals surface area contributed by atoms with Gasteiger partial charge in [-0.3, -0.25) is 4.79 Å². The van der Waals surface area contributed by atoms with Crippen molar-refractivity contribution in [3.05, 3.63) is 94.5 Å². The molecule has 0 aromatic heterocycles. The van der Waals surface area contributed by atoms with E-state index in [2.05, 4.69) is 46.4 Å². The summed E-state index contributed by atoms with van der Waals surface area (Å²) in [5, 5.41) is 3.63. The van der Waals surface area contributed by atoms with Crippen molar-refractivity contribution in [1.29, 1.82) is 0 Å². The molecule has 0 unspecified atom stereocenters. The van der Waals surface area contributed by atoms with Crippen LogP contribution in [-0.2, 0) is 0 Å². The molecule has 0 saturated heterocycles. The molecule has 27 heavy (non-hydrogen) atoms.